The molecular formula is C14H11BrO3S. The van der Waals surface area contributed by atoms with E-state index in [0.717, 1.165) is 14.3 Å². The van der Waals surface area contributed by atoms with Gasteiger partial charge in [-0.05, 0) is 42.5 Å². The number of phenolic OH excluding ortho intramolecular Hbond substituents is 1. The second kappa shape index (κ2) is 6.12. The molecule has 0 aliphatic rings. The molecule has 0 aromatic heterocycles. The minimum absolute atomic E-state index is 0.0750. The predicted molar refractivity (Wildman–Crippen MR) is 77.7 cm³/mol. The van der Waals surface area contributed by atoms with Crippen molar-refractivity contribution in [3.8, 4) is 5.75 Å². The quantitative estimate of drug-likeness (QED) is 0.856. The summed E-state index contributed by atoms with van der Waals surface area (Å²) in [5, 5.41) is 9.79. The zero-order chi connectivity index (χ0) is 13.8. The number of hydrogen-bond acceptors (Lipinski definition) is 4. The molecule has 5 heteroatoms. The first-order chi connectivity index (χ1) is 9.10. The number of benzene rings is 2. The zero-order valence-electron chi connectivity index (χ0n) is 10.1. The highest BCUT2D eigenvalue weighted by Gasteiger charge is 2.11. The Hall–Kier alpha value is -1.46. The van der Waals surface area contributed by atoms with Gasteiger partial charge in [0.1, 0.15) is 11.3 Å². The topological polar surface area (TPSA) is 46.5 Å². The van der Waals surface area contributed by atoms with Crippen LogP contribution in [0.15, 0.2) is 56.7 Å². The van der Waals surface area contributed by atoms with Crippen molar-refractivity contribution in [3.63, 3.8) is 0 Å². The fourth-order valence-corrected chi connectivity index (χ4v) is 2.61. The third kappa shape index (κ3) is 3.52. The molecule has 0 radical (unpaired) electrons. The number of halogens is 1. The van der Waals surface area contributed by atoms with Gasteiger partial charge in [-0.2, -0.15) is 0 Å². The van der Waals surface area contributed by atoms with Crippen LogP contribution in [-0.2, 0) is 4.74 Å². The Morgan fingerprint density at radius 1 is 1.16 bits per heavy atom. The van der Waals surface area contributed by atoms with Gasteiger partial charge in [-0.15, -0.1) is 0 Å². The first kappa shape index (κ1) is 14.0. The van der Waals surface area contributed by atoms with Crippen LogP contribution in [0.2, 0.25) is 0 Å². The molecule has 0 fully saturated rings. The fourth-order valence-electron chi connectivity index (χ4n) is 1.50. The van der Waals surface area contributed by atoms with Gasteiger partial charge in [-0.25, -0.2) is 4.79 Å². The Bertz CT molecular complexity index is 596. The minimum Gasteiger partial charge on any atom is -0.507 e. The Labute approximate surface area is 123 Å². The summed E-state index contributed by atoms with van der Waals surface area (Å²) in [4.78, 5) is 13.3. The molecule has 3 nitrogen and oxygen atoms in total. The first-order valence-corrected chi connectivity index (χ1v) is 7.06. The summed E-state index contributed by atoms with van der Waals surface area (Å²) in [5.74, 6) is -0.619. The highest BCUT2D eigenvalue weighted by atomic mass is 79.9. The molecule has 0 aliphatic heterocycles. The van der Waals surface area contributed by atoms with Gasteiger partial charge in [-0.3, -0.25) is 0 Å². The summed E-state index contributed by atoms with van der Waals surface area (Å²) in [6, 6.07) is 12.7. The van der Waals surface area contributed by atoms with Crippen molar-refractivity contribution < 1.29 is 14.6 Å². The zero-order valence-corrected chi connectivity index (χ0v) is 12.5. The molecule has 2 aromatic rings. The molecule has 0 bridgehead atoms. The summed E-state index contributed by atoms with van der Waals surface area (Å²) < 4.78 is 5.59. The van der Waals surface area contributed by atoms with E-state index in [1.165, 1.54) is 18.9 Å². The van der Waals surface area contributed by atoms with Crippen LogP contribution in [0.3, 0.4) is 0 Å². The summed E-state index contributed by atoms with van der Waals surface area (Å²) in [5.41, 5.74) is 0.169. The molecule has 0 atom stereocenters. The van der Waals surface area contributed by atoms with Gasteiger partial charge in [0.25, 0.3) is 0 Å². The lowest BCUT2D eigenvalue weighted by Gasteiger charge is -2.06. The molecule has 0 unspecified atom stereocenters. The molecule has 0 amide bonds. The Morgan fingerprint density at radius 2 is 1.79 bits per heavy atom. The normalized spacial score (nSPS) is 10.2. The highest BCUT2D eigenvalue weighted by molar-refractivity contribution is 9.10. The van der Waals surface area contributed by atoms with Crippen molar-refractivity contribution >= 4 is 33.7 Å². The summed E-state index contributed by atoms with van der Waals surface area (Å²) in [6.45, 7) is 0. The van der Waals surface area contributed by atoms with E-state index in [0.29, 0.717) is 0 Å². The van der Waals surface area contributed by atoms with Crippen LogP contribution in [0, 0.1) is 0 Å². The molecule has 98 valence electrons. The van der Waals surface area contributed by atoms with E-state index >= 15 is 0 Å². The second-order valence-electron chi connectivity index (χ2n) is 3.73. The molecule has 1 N–H and O–H groups in total. The number of hydrogen-bond donors (Lipinski definition) is 1. The molecule has 19 heavy (non-hydrogen) atoms. The third-order valence-electron chi connectivity index (χ3n) is 2.42. The third-order valence-corrected chi connectivity index (χ3v) is 3.95. The fraction of sp³-hybridized carbons (Fsp3) is 0.0714. The number of methoxy groups -OCH3 is 1. The minimum atomic E-state index is -0.544. The number of carbonyl (C=O) groups excluding carboxylic acids is 1. The lowest BCUT2D eigenvalue weighted by Crippen LogP contribution is -2.01. The Balaban J connectivity index is 2.20. The number of carbonyl (C=O) groups is 1. The predicted octanol–water partition coefficient (Wildman–Crippen LogP) is 4.09. The van der Waals surface area contributed by atoms with E-state index in [9.17, 15) is 9.90 Å². The van der Waals surface area contributed by atoms with E-state index in [1.807, 2.05) is 24.3 Å². The number of ether oxygens (including phenoxy) is 1. The van der Waals surface area contributed by atoms with Crippen molar-refractivity contribution in [2.24, 2.45) is 0 Å². The number of rotatable bonds is 3. The number of esters is 1. The molecular weight excluding hydrogens is 328 g/mol. The average Bonchev–Trinajstić information content (AvgIpc) is 2.41. The molecule has 2 rings (SSSR count). The average molecular weight is 339 g/mol. The van der Waals surface area contributed by atoms with E-state index in [1.54, 1.807) is 18.2 Å². The first-order valence-electron chi connectivity index (χ1n) is 5.45. The van der Waals surface area contributed by atoms with Gasteiger partial charge in [0, 0.05) is 14.3 Å². The van der Waals surface area contributed by atoms with Crippen molar-refractivity contribution in [3.05, 3.63) is 52.5 Å². The van der Waals surface area contributed by atoms with Crippen molar-refractivity contribution in [1.29, 1.82) is 0 Å². The van der Waals surface area contributed by atoms with Crippen molar-refractivity contribution in [1.82, 2.24) is 0 Å². The maximum Gasteiger partial charge on any atom is 0.341 e. The lowest BCUT2D eigenvalue weighted by atomic mass is 10.2. The maximum absolute atomic E-state index is 11.3. The summed E-state index contributed by atoms with van der Waals surface area (Å²) in [6.07, 6.45) is 0. The molecule has 0 aliphatic carbocycles. The molecule has 0 saturated carbocycles. The van der Waals surface area contributed by atoms with Crippen LogP contribution in [0.4, 0.5) is 0 Å². The standard InChI is InChI=1S/C14H11BrO3S/c1-18-14(17)12-7-6-11(8-13(12)16)19-10-4-2-9(15)3-5-10/h2-8,16H,1H3. The second-order valence-corrected chi connectivity index (χ2v) is 5.79. The Kier molecular flexibility index (Phi) is 4.50. The number of aromatic hydroxyl groups is 1. The van der Waals surface area contributed by atoms with Gasteiger partial charge in [0.2, 0.25) is 0 Å². The van der Waals surface area contributed by atoms with Gasteiger partial charge < -0.3 is 9.84 Å². The molecule has 0 saturated heterocycles. The van der Waals surface area contributed by atoms with Gasteiger partial charge in [0.05, 0.1) is 7.11 Å². The van der Waals surface area contributed by atoms with Crippen LogP contribution < -0.4 is 0 Å². The van der Waals surface area contributed by atoms with Crippen LogP contribution in [-0.4, -0.2) is 18.2 Å². The summed E-state index contributed by atoms with van der Waals surface area (Å²) in [7, 11) is 1.28. The van der Waals surface area contributed by atoms with E-state index in [2.05, 4.69) is 20.7 Å². The van der Waals surface area contributed by atoms with Crippen molar-refractivity contribution in [2.45, 2.75) is 9.79 Å². The maximum atomic E-state index is 11.3. The van der Waals surface area contributed by atoms with E-state index in [-0.39, 0.29) is 11.3 Å². The SMILES string of the molecule is COC(=O)c1ccc(Sc2ccc(Br)cc2)cc1O. The molecule has 2 aromatic carbocycles. The van der Waals surface area contributed by atoms with Crippen LogP contribution in [0.1, 0.15) is 10.4 Å². The van der Waals surface area contributed by atoms with Crippen LogP contribution >= 0.6 is 27.7 Å². The smallest absolute Gasteiger partial charge is 0.341 e. The van der Waals surface area contributed by atoms with Gasteiger partial charge >= 0.3 is 5.97 Å². The largest absolute Gasteiger partial charge is 0.507 e. The number of phenols is 1. The summed E-state index contributed by atoms with van der Waals surface area (Å²) >= 11 is 4.88. The lowest BCUT2D eigenvalue weighted by molar-refractivity contribution is 0.0597. The van der Waals surface area contributed by atoms with Crippen LogP contribution in [0.5, 0.6) is 5.75 Å². The van der Waals surface area contributed by atoms with Gasteiger partial charge in [-0.1, -0.05) is 27.7 Å². The Morgan fingerprint density at radius 3 is 2.37 bits per heavy atom. The van der Waals surface area contributed by atoms with Crippen LogP contribution in [0.25, 0.3) is 0 Å². The monoisotopic (exact) mass is 338 g/mol. The molecule has 0 heterocycles. The van der Waals surface area contributed by atoms with Gasteiger partial charge in [0.15, 0.2) is 0 Å². The highest BCUT2D eigenvalue weighted by Crippen LogP contribution is 2.32. The molecule has 0 spiro atoms. The van der Waals surface area contributed by atoms with Crippen molar-refractivity contribution in [2.75, 3.05) is 7.11 Å². The van der Waals surface area contributed by atoms with E-state index < -0.39 is 5.97 Å². The van der Waals surface area contributed by atoms with E-state index in [4.69, 9.17) is 0 Å².